The number of ether oxygens (including phenoxy) is 2. The highest BCUT2D eigenvalue weighted by molar-refractivity contribution is 5.92. The molecule has 26 heavy (non-hydrogen) atoms. The Hall–Kier alpha value is -2.88. The van der Waals surface area contributed by atoms with Crippen molar-refractivity contribution >= 4 is 11.9 Å². The molecule has 0 amide bonds. The van der Waals surface area contributed by atoms with E-state index >= 15 is 0 Å². The summed E-state index contributed by atoms with van der Waals surface area (Å²) in [7, 11) is 0. The Kier molecular flexibility index (Phi) is 7.62. The maximum Gasteiger partial charge on any atom is 0.336 e. The first-order chi connectivity index (χ1) is 12.5. The summed E-state index contributed by atoms with van der Waals surface area (Å²) in [5.74, 6) is -0.154. The monoisotopic (exact) mass is 352 g/mol. The maximum absolute atomic E-state index is 11.8. The van der Waals surface area contributed by atoms with Gasteiger partial charge in [0.25, 0.3) is 0 Å². The summed E-state index contributed by atoms with van der Waals surface area (Å²) in [6.07, 6.45) is 3.99. The normalized spacial score (nSPS) is 10.9. The molecular weight excluding hydrogens is 328 g/mol. The zero-order valence-corrected chi connectivity index (χ0v) is 15.2. The Morgan fingerprint density at radius 1 is 0.885 bits per heavy atom. The summed E-state index contributed by atoms with van der Waals surface area (Å²) in [4.78, 5) is 23.3. The molecule has 0 aliphatic heterocycles. The van der Waals surface area contributed by atoms with Gasteiger partial charge in [0, 0.05) is 12.2 Å². The van der Waals surface area contributed by atoms with Gasteiger partial charge in [0.2, 0.25) is 0 Å². The third kappa shape index (κ3) is 6.93. The fraction of sp³-hybridized carbons (Fsp3) is 0.273. The molecule has 0 unspecified atom stereocenters. The molecule has 0 spiro atoms. The topological polar surface area (TPSA) is 52.6 Å². The van der Waals surface area contributed by atoms with E-state index in [1.54, 1.807) is 12.1 Å². The van der Waals surface area contributed by atoms with Gasteiger partial charge in [0.05, 0.1) is 6.61 Å². The second-order valence-corrected chi connectivity index (χ2v) is 6.35. The van der Waals surface area contributed by atoms with Crippen LogP contribution in [0, 0.1) is 5.92 Å². The van der Waals surface area contributed by atoms with Gasteiger partial charge in [-0.05, 0) is 42.0 Å². The third-order valence-corrected chi connectivity index (χ3v) is 3.71. The third-order valence-electron chi connectivity index (χ3n) is 3.71. The van der Waals surface area contributed by atoms with E-state index in [1.165, 1.54) is 0 Å². The maximum atomic E-state index is 11.8. The lowest BCUT2D eigenvalue weighted by atomic mass is 10.1. The molecule has 2 aromatic rings. The van der Waals surface area contributed by atoms with Crippen molar-refractivity contribution in [2.45, 2.75) is 26.7 Å². The smallest absolute Gasteiger partial charge is 0.336 e. The first kappa shape index (κ1) is 19.4. The van der Waals surface area contributed by atoms with Gasteiger partial charge < -0.3 is 9.47 Å². The molecule has 0 aliphatic rings. The molecule has 0 bridgehead atoms. The fourth-order valence-electron chi connectivity index (χ4n) is 2.34. The highest BCUT2D eigenvalue weighted by atomic mass is 16.5. The number of rotatable bonds is 8. The molecule has 2 aromatic carbocycles. The first-order valence-electron chi connectivity index (χ1n) is 8.76. The number of hydrogen-bond donors (Lipinski definition) is 0. The van der Waals surface area contributed by atoms with Crippen LogP contribution in [-0.4, -0.2) is 18.5 Å². The van der Waals surface area contributed by atoms with Crippen molar-refractivity contribution in [3.63, 3.8) is 0 Å². The van der Waals surface area contributed by atoms with Crippen LogP contribution in [-0.2, 0) is 14.3 Å². The van der Waals surface area contributed by atoms with Gasteiger partial charge in [0.15, 0.2) is 0 Å². The van der Waals surface area contributed by atoms with Crippen LogP contribution < -0.4 is 4.74 Å². The highest BCUT2D eigenvalue weighted by Crippen LogP contribution is 2.22. The van der Waals surface area contributed by atoms with Crippen LogP contribution in [0.2, 0.25) is 0 Å². The van der Waals surface area contributed by atoms with Crippen LogP contribution in [0.15, 0.2) is 66.7 Å². The molecule has 4 nitrogen and oxygen atoms in total. The van der Waals surface area contributed by atoms with E-state index in [4.69, 9.17) is 9.47 Å². The molecule has 0 saturated heterocycles. The molecular formula is C22H24O4. The lowest BCUT2D eigenvalue weighted by Crippen LogP contribution is -2.07. The minimum atomic E-state index is -0.614. The van der Waals surface area contributed by atoms with Crippen molar-refractivity contribution in [3.05, 3.63) is 66.7 Å². The van der Waals surface area contributed by atoms with Gasteiger partial charge in [-0.25, -0.2) is 9.59 Å². The average molecular weight is 352 g/mol. The number of benzene rings is 2. The van der Waals surface area contributed by atoms with Crippen LogP contribution >= 0.6 is 0 Å². The van der Waals surface area contributed by atoms with Gasteiger partial charge >= 0.3 is 11.9 Å². The summed E-state index contributed by atoms with van der Waals surface area (Å²) in [6, 6.07) is 17.1. The van der Waals surface area contributed by atoms with Crippen LogP contribution in [0.4, 0.5) is 0 Å². The minimum absolute atomic E-state index is 0.358. The Morgan fingerprint density at radius 2 is 1.50 bits per heavy atom. The van der Waals surface area contributed by atoms with Crippen molar-refractivity contribution in [2.75, 3.05) is 6.61 Å². The van der Waals surface area contributed by atoms with Crippen LogP contribution in [0.1, 0.15) is 26.7 Å². The largest absolute Gasteiger partial charge is 0.463 e. The zero-order chi connectivity index (χ0) is 18.8. The Balaban J connectivity index is 1.79. The summed E-state index contributed by atoms with van der Waals surface area (Å²) < 4.78 is 10.2. The molecule has 0 heterocycles. The van der Waals surface area contributed by atoms with Crippen LogP contribution in [0.25, 0.3) is 11.1 Å². The zero-order valence-electron chi connectivity index (χ0n) is 15.2. The molecule has 2 rings (SSSR count). The number of carbonyl (C=O) groups is 2. The molecule has 0 aromatic heterocycles. The van der Waals surface area contributed by atoms with Gasteiger partial charge in [-0.2, -0.15) is 0 Å². The van der Waals surface area contributed by atoms with E-state index in [0.717, 1.165) is 36.1 Å². The van der Waals surface area contributed by atoms with E-state index in [-0.39, 0.29) is 0 Å². The SMILES string of the molecule is CC(C)CCCOC(=O)/C=C/C(=O)Oc1ccc(-c2ccccc2)cc1. The predicted octanol–water partition coefficient (Wildman–Crippen LogP) is 4.79. The molecule has 0 aliphatic carbocycles. The van der Waals surface area contributed by atoms with Crippen molar-refractivity contribution in [2.24, 2.45) is 5.92 Å². The van der Waals surface area contributed by atoms with Crippen molar-refractivity contribution < 1.29 is 19.1 Å². The molecule has 136 valence electrons. The van der Waals surface area contributed by atoms with Gasteiger partial charge in [-0.1, -0.05) is 56.3 Å². The summed E-state index contributed by atoms with van der Waals surface area (Å²) in [5, 5.41) is 0. The summed E-state index contributed by atoms with van der Waals surface area (Å²) in [5.41, 5.74) is 2.12. The molecule has 0 radical (unpaired) electrons. The Morgan fingerprint density at radius 3 is 2.15 bits per heavy atom. The van der Waals surface area contributed by atoms with E-state index in [0.29, 0.717) is 18.3 Å². The Labute approximate surface area is 154 Å². The number of carbonyl (C=O) groups excluding carboxylic acids is 2. The van der Waals surface area contributed by atoms with Gasteiger partial charge in [-0.15, -0.1) is 0 Å². The quantitative estimate of drug-likeness (QED) is 0.296. The molecule has 4 heteroatoms. The van der Waals surface area contributed by atoms with Crippen molar-refractivity contribution in [1.82, 2.24) is 0 Å². The molecule has 0 saturated carbocycles. The van der Waals surface area contributed by atoms with Crippen LogP contribution in [0.5, 0.6) is 5.75 Å². The highest BCUT2D eigenvalue weighted by Gasteiger charge is 2.04. The predicted molar refractivity (Wildman–Crippen MR) is 102 cm³/mol. The minimum Gasteiger partial charge on any atom is -0.463 e. The van der Waals surface area contributed by atoms with Gasteiger partial charge in [-0.3, -0.25) is 0 Å². The van der Waals surface area contributed by atoms with E-state index in [1.807, 2.05) is 42.5 Å². The second-order valence-electron chi connectivity index (χ2n) is 6.35. The average Bonchev–Trinajstić information content (AvgIpc) is 2.65. The van der Waals surface area contributed by atoms with Crippen molar-refractivity contribution in [3.8, 4) is 16.9 Å². The van der Waals surface area contributed by atoms with Crippen molar-refractivity contribution in [1.29, 1.82) is 0 Å². The lowest BCUT2D eigenvalue weighted by molar-refractivity contribution is -0.138. The summed E-state index contributed by atoms with van der Waals surface area (Å²) >= 11 is 0. The Bertz CT molecular complexity index is 730. The summed E-state index contributed by atoms with van der Waals surface area (Å²) in [6.45, 7) is 4.59. The standard InChI is InChI=1S/C22H24O4/c1-17(2)7-6-16-25-21(23)14-15-22(24)26-20-12-10-19(11-13-20)18-8-4-3-5-9-18/h3-5,8-15,17H,6-7,16H2,1-2H3/b15-14+. The van der Waals surface area contributed by atoms with Gasteiger partial charge in [0.1, 0.15) is 5.75 Å². The lowest BCUT2D eigenvalue weighted by Gasteiger charge is -2.05. The van der Waals surface area contributed by atoms with E-state index in [9.17, 15) is 9.59 Å². The molecule has 0 fully saturated rings. The molecule has 0 atom stereocenters. The second kappa shape index (κ2) is 10.2. The fourth-order valence-corrected chi connectivity index (χ4v) is 2.34. The molecule has 0 N–H and O–H groups in total. The first-order valence-corrected chi connectivity index (χ1v) is 8.76. The van der Waals surface area contributed by atoms with E-state index in [2.05, 4.69) is 13.8 Å². The van der Waals surface area contributed by atoms with Crippen LogP contribution in [0.3, 0.4) is 0 Å². The number of esters is 2. The number of hydrogen-bond acceptors (Lipinski definition) is 4. The van der Waals surface area contributed by atoms with E-state index < -0.39 is 11.9 Å².